The molecule has 3 N–H and O–H groups in total. The Morgan fingerprint density at radius 3 is 3.07 bits per heavy atom. The Kier molecular flexibility index (Phi) is 4.90. The Balaban J connectivity index is 2.03. The normalized spacial score (nSPS) is 23.6. The van der Waals surface area contributed by atoms with Crippen LogP contribution in [0.4, 0.5) is 0 Å². The molecule has 0 spiro atoms. The van der Waals surface area contributed by atoms with E-state index in [0.29, 0.717) is 12.5 Å². The van der Waals surface area contributed by atoms with Crippen LogP contribution in [0, 0.1) is 0 Å². The van der Waals surface area contributed by atoms with E-state index >= 15 is 0 Å². The monoisotopic (exact) mass is 199 g/mol. The molecule has 14 heavy (non-hydrogen) atoms. The highest BCUT2D eigenvalue weighted by molar-refractivity contribution is 5.73. The standard InChI is InChI=1S/C10H21N3O/c1-13-7-3-4-9(8-13)12-6-2-5-10(11)14/h9,12H,2-8H2,1H3,(H2,11,14). The van der Waals surface area contributed by atoms with Crippen LogP contribution in [0.15, 0.2) is 0 Å². The molecule has 1 saturated heterocycles. The molecule has 0 aliphatic carbocycles. The van der Waals surface area contributed by atoms with Crippen LogP contribution in [0.1, 0.15) is 25.7 Å². The van der Waals surface area contributed by atoms with Crippen LogP contribution in [0.25, 0.3) is 0 Å². The predicted octanol–water partition coefficient (Wildman–Crippen LogP) is -0.0643. The Hall–Kier alpha value is -0.610. The van der Waals surface area contributed by atoms with Crippen molar-refractivity contribution >= 4 is 5.91 Å². The average molecular weight is 199 g/mol. The van der Waals surface area contributed by atoms with Gasteiger partial charge in [0.1, 0.15) is 0 Å². The van der Waals surface area contributed by atoms with Crippen molar-refractivity contribution in [2.24, 2.45) is 5.73 Å². The van der Waals surface area contributed by atoms with E-state index in [4.69, 9.17) is 5.73 Å². The highest BCUT2D eigenvalue weighted by atomic mass is 16.1. The van der Waals surface area contributed by atoms with Crippen molar-refractivity contribution < 1.29 is 4.79 Å². The summed E-state index contributed by atoms with van der Waals surface area (Å²) in [4.78, 5) is 12.8. The number of likely N-dealkylation sites (N-methyl/N-ethyl adjacent to an activating group) is 1. The molecule has 1 atom stereocenters. The number of rotatable bonds is 5. The first-order valence-electron chi connectivity index (χ1n) is 5.38. The number of amides is 1. The molecule has 4 heteroatoms. The fourth-order valence-corrected chi connectivity index (χ4v) is 1.90. The van der Waals surface area contributed by atoms with Crippen molar-refractivity contribution in [2.45, 2.75) is 31.7 Å². The number of primary amides is 1. The number of nitrogens with one attached hydrogen (secondary N) is 1. The highest BCUT2D eigenvalue weighted by Gasteiger charge is 2.15. The maximum absolute atomic E-state index is 10.5. The lowest BCUT2D eigenvalue weighted by molar-refractivity contribution is -0.118. The van der Waals surface area contributed by atoms with E-state index in [-0.39, 0.29) is 5.91 Å². The summed E-state index contributed by atoms with van der Waals surface area (Å²) in [7, 11) is 2.15. The number of carbonyl (C=O) groups excluding carboxylic acids is 1. The Labute approximate surface area is 85.8 Å². The summed E-state index contributed by atoms with van der Waals surface area (Å²) in [6, 6.07) is 0.599. The molecule has 0 aromatic rings. The zero-order valence-corrected chi connectivity index (χ0v) is 8.96. The van der Waals surface area contributed by atoms with Gasteiger partial charge >= 0.3 is 0 Å². The fraction of sp³-hybridized carbons (Fsp3) is 0.900. The van der Waals surface area contributed by atoms with Gasteiger partial charge in [-0.25, -0.2) is 0 Å². The highest BCUT2D eigenvalue weighted by Crippen LogP contribution is 2.07. The van der Waals surface area contributed by atoms with Crippen molar-refractivity contribution in [3.8, 4) is 0 Å². The molecule has 82 valence electrons. The number of hydrogen-bond acceptors (Lipinski definition) is 3. The summed E-state index contributed by atoms with van der Waals surface area (Å²) in [5.41, 5.74) is 5.06. The lowest BCUT2D eigenvalue weighted by Crippen LogP contribution is -2.44. The van der Waals surface area contributed by atoms with Crippen LogP contribution in [-0.2, 0) is 4.79 Å². The van der Waals surface area contributed by atoms with Gasteiger partial charge in [-0.2, -0.15) is 0 Å². The van der Waals surface area contributed by atoms with E-state index < -0.39 is 0 Å². The molecule has 1 heterocycles. The summed E-state index contributed by atoms with van der Waals surface area (Å²) in [5.74, 6) is -0.201. The second-order valence-corrected chi connectivity index (χ2v) is 4.13. The van der Waals surface area contributed by atoms with E-state index in [1.54, 1.807) is 0 Å². The van der Waals surface area contributed by atoms with Crippen LogP contribution in [0.3, 0.4) is 0 Å². The fourth-order valence-electron chi connectivity index (χ4n) is 1.90. The molecule has 1 unspecified atom stereocenters. The molecule has 4 nitrogen and oxygen atoms in total. The molecular weight excluding hydrogens is 178 g/mol. The van der Waals surface area contributed by atoms with Gasteiger partial charge in [0.25, 0.3) is 0 Å². The zero-order valence-electron chi connectivity index (χ0n) is 8.96. The summed E-state index contributed by atoms with van der Waals surface area (Å²) in [6.45, 7) is 3.23. The third kappa shape index (κ3) is 4.58. The van der Waals surface area contributed by atoms with Crippen molar-refractivity contribution in [3.05, 3.63) is 0 Å². The minimum Gasteiger partial charge on any atom is -0.370 e. The molecule has 0 aromatic heterocycles. The van der Waals surface area contributed by atoms with Crippen LogP contribution in [0.2, 0.25) is 0 Å². The van der Waals surface area contributed by atoms with E-state index in [0.717, 1.165) is 19.5 Å². The summed E-state index contributed by atoms with van der Waals surface area (Å²) in [6.07, 6.45) is 3.87. The first-order chi connectivity index (χ1) is 6.68. The van der Waals surface area contributed by atoms with Crippen LogP contribution < -0.4 is 11.1 Å². The number of hydrogen-bond donors (Lipinski definition) is 2. The predicted molar refractivity (Wildman–Crippen MR) is 57.0 cm³/mol. The Bertz CT molecular complexity index is 184. The zero-order chi connectivity index (χ0) is 10.4. The summed E-state index contributed by atoms with van der Waals surface area (Å²) in [5, 5.41) is 3.46. The number of nitrogens with zero attached hydrogens (tertiary/aromatic N) is 1. The molecule has 0 aromatic carbocycles. The van der Waals surface area contributed by atoms with Gasteiger partial charge in [0.2, 0.25) is 5.91 Å². The quantitative estimate of drug-likeness (QED) is 0.610. The SMILES string of the molecule is CN1CCCC(NCCCC(N)=O)C1. The van der Waals surface area contributed by atoms with Crippen LogP contribution in [0.5, 0.6) is 0 Å². The van der Waals surface area contributed by atoms with Gasteiger partial charge in [0.15, 0.2) is 0 Å². The third-order valence-electron chi connectivity index (χ3n) is 2.66. The lowest BCUT2D eigenvalue weighted by atomic mass is 10.1. The van der Waals surface area contributed by atoms with E-state index in [9.17, 15) is 4.79 Å². The molecule has 1 aliphatic rings. The second-order valence-electron chi connectivity index (χ2n) is 4.13. The van der Waals surface area contributed by atoms with Gasteiger partial charge in [-0.3, -0.25) is 4.79 Å². The summed E-state index contributed by atoms with van der Waals surface area (Å²) >= 11 is 0. The smallest absolute Gasteiger partial charge is 0.217 e. The van der Waals surface area contributed by atoms with E-state index in [1.807, 2.05) is 0 Å². The van der Waals surface area contributed by atoms with Gasteiger partial charge in [-0.05, 0) is 39.4 Å². The molecule has 0 radical (unpaired) electrons. The number of nitrogens with two attached hydrogens (primary N) is 1. The summed E-state index contributed by atoms with van der Waals surface area (Å²) < 4.78 is 0. The maximum Gasteiger partial charge on any atom is 0.217 e. The topological polar surface area (TPSA) is 58.4 Å². The van der Waals surface area contributed by atoms with Gasteiger partial charge in [0, 0.05) is 19.0 Å². The third-order valence-corrected chi connectivity index (χ3v) is 2.66. The van der Waals surface area contributed by atoms with Gasteiger partial charge in [-0.15, -0.1) is 0 Å². The van der Waals surface area contributed by atoms with E-state index in [2.05, 4.69) is 17.3 Å². The van der Waals surface area contributed by atoms with Crippen molar-refractivity contribution in [2.75, 3.05) is 26.7 Å². The second kappa shape index (κ2) is 5.98. The number of piperidine rings is 1. The van der Waals surface area contributed by atoms with Gasteiger partial charge in [-0.1, -0.05) is 0 Å². The largest absolute Gasteiger partial charge is 0.370 e. The van der Waals surface area contributed by atoms with Crippen LogP contribution in [-0.4, -0.2) is 43.5 Å². The molecular formula is C10H21N3O. The maximum atomic E-state index is 10.5. The van der Waals surface area contributed by atoms with Crippen LogP contribution >= 0.6 is 0 Å². The molecule has 1 fully saturated rings. The first-order valence-corrected chi connectivity index (χ1v) is 5.38. The lowest BCUT2D eigenvalue weighted by Gasteiger charge is -2.30. The van der Waals surface area contributed by atoms with Gasteiger partial charge in [0.05, 0.1) is 0 Å². The molecule has 1 rings (SSSR count). The average Bonchev–Trinajstić information content (AvgIpc) is 2.12. The Morgan fingerprint density at radius 1 is 1.64 bits per heavy atom. The van der Waals surface area contributed by atoms with Crippen molar-refractivity contribution in [1.82, 2.24) is 10.2 Å². The molecule has 0 saturated carbocycles. The molecule has 1 amide bonds. The molecule has 0 bridgehead atoms. The minimum atomic E-state index is -0.201. The van der Waals surface area contributed by atoms with Gasteiger partial charge < -0.3 is 16.0 Å². The first kappa shape index (κ1) is 11.5. The number of likely N-dealkylation sites (tertiary alicyclic amines) is 1. The Morgan fingerprint density at radius 2 is 2.43 bits per heavy atom. The minimum absolute atomic E-state index is 0.201. The van der Waals surface area contributed by atoms with E-state index in [1.165, 1.54) is 19.4 Å². The molecule has 1 aliphatic heterocycles. The van der Waals surface area contributed by atoms with Crippen molar-refractivity contribution in [1.29, 1.82) is 0 Å². The van der Waals surface area contributed by atoms with Crippen molar-refractivity contribution in [3.63, 3.8) is 0 Å². The number of carbonyl (C=O) groups is 1.